The summed E-state index contributed by atoms with van der Waals surface area (Å²) in [6.45, 7) is 7.87. The lowest BCUT2D eigenvalue weighted by molar-refractivity contribution is 0.421. The molecule has 0 aliphatic carbocycles. The monoisotopic (exact) mass is 351 g/mol. The summed E-state index contributed by atoms with van der Waals surface area (Å²) >= 11 is 3.44. The smallest absolute Gasteiger partial charge is 0.297 e. The van der Waals surface area contributed by atoms with E-state index in [2.05, 4.69) is 59.1 Å². The Morgan fingerprint density at radius 1 is 1.24 bits per heavy atom. The van der Waals surface area contributed by atoms with Crippen molar-refractivity contribution in [3.63, 3.8) is 0 Å². The molecule has 5 heteroatoms. The van der Waals surface area contributed by atoms with Crippen LogP contribution in [-0.2, 0) is 13.1 Å². The van der Waals surface area contributed by atoms with E-state index in [4.69, 9.17) is 4.42 Å². The molecular weight excluding hydrogens is 330 g/mol. The van der Waals surface area contributed by atoms with E-state index in [-0.39, 0.29) is 5.54 Å². The summed E-state index contributed by atoms with van der Waals surface area (Å²) in [5.41, 5.74) is 2.21. The molecule has 21 heavy (non-hydrogen) atoms. The van der Waals surface area contributed by atoms with E-state index in [9.17, 15) is 0 Å². The summed E-state index contributed by atoms with van der Waals surface area (Å²) in [5.74, 6) is 0. The van der Waals surface area contributed by atoms with Gasteiger partial charge in [-0.1, -0.05) is 28.1 Å². The molecule has 0 spiro atoms. The van der Waals surface area contributed by atoms with Crippen LogP contribution in [0.3, 0.4) is 0 Å². The molecule has 1 aromatic carbocycles. The van der Waals surface area contributed by atoms with Crippen LogP contribution in [0.1, 0.15) is 32.0 Å². The molecule has 1 aromatic heterocycles. The van der Waals surface area contributed by atoms with Crippen molar-refractivity contribution in [2.24, 2.45) is 0 Å². The molecule has 0 unspecified atom stereocenters. The number of hydrogen-bond donors (Lipinski definition) is 1. The van der Waals surface area contributed by atoms with Gasteiger partial charge in [-0.05, 0) is 38.5 Å². The van der Waals surface area contributed by atoms with Gasteiger partial charge >= 0.3 is 0 Å². The number of halogens is 1. The summed E-state index contributed by atoms with van der Waals surface area (Å²) in [6, 6.07) is 8.90. The van der Waals surface area contributed by atoms with Gasteiger partial charge in [-0.15, -0.1) is 0 Å². The number of nitrogens with zero attached hydrogens (tertiary/aromatic N) is 2. The second-order valence-corrected chi connectivity index (χ2v) is 7.12. The molecule has 0 aliphatic heterocycles. The van der Waals surface area contributed by atoms with Gasteiger partial charge in [-0.2, -0.15) is 4.98 Å². The third kappa shape index (κ3) is 5.17. The molecule has 0 amide bonds. The Morgan fingerprint density at radius 2 is 1.90 bits per heavy atom. The van der Waals surface area contributed by atoms with Gasteiger partial charge in [-0.3, -0.25) is 0 Å². The summed E-state index contributed by atoms with van der Waals surface area (Å²) in [6.07, 6.45) is 1.71. The average Bonchev–Trinajstić information content (AvgIpc) is 2.87. The lowest BCUT2D eigenvalue weighted by Gasteiger charge is -2.19. The summed E-state index contributed by atoms with van der Waals surface area (Å²) in [7, 11) is 1.98. The Kier molecular flexibility index (Phi) is 5.06. The zero-order valence-corrected chi connectivity index (χ0v) is 14.6. The minimum absolute atomic E-state index is 0.0719. The lowest BCUT2D eigenvalue weighted by Crippen LogP contribution is -2.35. The number of benzene rings is 1. The molecule has 0 radical (unpaired) electrons. The van der Waals surface area contributed by atoms with Crippen molar-refractivity contribution >= 4 is 21.9 Å². The highest BCUT2D eigenvalue weighted by Gasteiger charge is 2.13. The maximum absolute atomic E-state index is 5.55. The van der Waals surface area contributed by atoms with Gasteiger partial charge in [0.2, 0.25) is 0 Å². The average molecular weight is 352 g/mol. The van der Waals surface area contributed by atoms with E-state index >= 15 is 0 Å². The molecule has 0 aliphatic rings. The highest BCUT2D eigenvalue weighted by molar-refractivity contribution is 9.10. The van der Waals surface area contributed by atoms with Crippen LogP contribution in [0.4, 0.5) is 6.01 Å². The minimum atomic E-state index is 0.0719. The predicted molar refractivity (Wildman–Crippen MR) is 89.3 cm³/mol. The van der Waals surface area contributed by atoms with Gasteiger partial charge in [-0.25, -0.2) is 0 Å². The molecule has 114 valence electrons. The third-order valence-electron chi connectivity index (χ3n) is 3.00. The zero-order valence-electron chi connectivity index (χ0n) is 13.0. The highest BCUT2D eigenvalue weighted by atomic mass is 79.9. The first-order chi connectivity index (χ1) is 9.83. The second-order valence-electron chi connectivity index (χ2n) is 6.21. The van der Waals surface area contributed by atoms with Crippen molar-refractivity contribution < 1.29 is 4.42 Å². The van der Waals surface area contributed by atoms with Gasteiger partial charge in [0.05, 0.1) is 5.69 Å². The van der Waals surface area contributed by atoms with E-state index in [1.54, 1.807) is 6.26 Å². The molecule has 2 aromatic rings. The maximum Gasteiger partial charge on any atom is 0.297 e. The highest BCUT2D eigenvalue weighted by Crippen LogP contribution is 2.17. The first kappa shape index (κ1) is 16.0. The molecule has 0 atom stereocenters. The Bertz CT molecular complexity index is 572. The molecule has 0 saturated carbocycles. The quantitative estimate of drug-likeness (QED) is 0.884. The fraction of sp³-hybridized carbons (Fsp3) is 0.438. The number of anilines is 1. The molecule has 0 fully saturated rings. The van der Waals surface area contributed by atoms with Crippen LogP contribution in [0.2, 0.25) is 0 Å². The van der Waals surface area contributed by atoms with Crippen LogP contribution in [0.15, 0.2) is 39.4 Å². The number of hydrogen-bond acceptors (Lipinski definition) is 4. The SMILES string of the molecule is CN(Cc1ccc(Br)cc1)c1nc(CNC(C)(C)C)co1. The van der Waals surface area contributed by atoms with Crippen LogP contribution in [0.5, 0.6) is 0 Å². The first-order valence-corrected chi connectivity index (χ1v) is 7.78. The van der Waals surface area contributed by atoms with E-state index in [1.165, 1.54) is 5.56 Å². The Morgan fingerprint density at radius 3 is 2.52 bits per heavy atom. The number of oxazole rings is 1. The molecular formula is C16H22BrN3O. The number of aromatic nitrogens is 1. The van der Waals surface area contributed by atoms with Gasteiger partial charge in [0, 0.05) is 30.1 Å². The van der Waals surface area contributed by atoms with Crippen molar-refractivity contribution in [2.75, 3.05) is 11.9 Å². The summed E-state index contributed by atoms with van der Waals surface area (Å²) in [4.78, 5) is 6.52. The number of nitrogens with one attached hydrogen (secondary N) is 1. The van der Waals surface area contributed by atoms with Gasteiger partial charge in [0.15, 0.2) is 0 Å². The molecule has 1 heterocycles. The molecule has 0 saturated heterocycles. The lowest BCUT2D eigenvalue weighted by atomic mass is 10.1. The van der Waals surface area contributed by atoms with E-state index in [0.717, 1.165) is 16.7 Å². The van der Waals surface area contributed by atoms with Gasteiger partial charge < -0.3 is 14.6 Å². The van der Waals surface area contributed by atoms with Crippen molar-refractivity contribution in [1.29, 1.82) is 0 Å². The third-order valence-corrected chi connectivity index (χ3v) is 3.53. The van der Waals surface area contributed by atoms with Crippen molar-refractivity contribution in [3.05, 3.63) is 46.3 Å². The van der Waals surface area contributed by atoms with Crippen LogP contribution in [0.25, 0.3) is 0 Å². The maximum atomic E-state index is 5.55. The fourth-order valence-corrected chi connectivity index (χ4v) is 2.10. The molecule has 0 bridgehead atoms. The first-order valence-electron chi connectivity index (χ1n) is 6.98. The molecule has 4 nitrogen and oxygen atoms in total. The Hall–Kier alpha value is -1.33. The van der Waals surface area contributed by atoms with Gasteiger partial charge in [0.1, 0.15) is 6.26 Å². The molecule has 2 rings (SSSR count). The van der Waals surface area contributed by atoms with Crippen molar-refractivity contribution in [2.45, 2.75) is 39.4 Å². The Balaban J connectivity index is 1.95. The largest absolute Gasteiger partial charge is 0.432 e. The molecule has 1 N–H and O–H groups in total. The number of rotatable bonds is 5. The van der Waals surface area contributed by atoms with E-state index in [1.807, 2.05) is 24.1 Å². The van der Waals surface area contributed by atoms with Crippen LogP contribution >= 0.6 is 15.9 Å². The van der Waals surface area contributed by atoms with Crippen molar-refractivity contribution in [3.8, 4) is 0 Å². The zero-order chi connectivity index (χ0) is 15.5. The van der Waals surface area contributed by atoms with Crippen molar-refractivity contribution in [1.82, 2.24) is 10.3 Å². The van der Waals surface area contributed by atoms with Crippen LogP contribution in [-0.4, -0.2) is 17.6 Å². The van der Waals surface area contributed by atoms with Crippen LogP contribution in [0, 0.1) is 0 Å². The van der Waals surface area contributed by atoms with E-state index in [0.29, 0.717) is 12.6 Å². The topological polar surface area (TPSA) is 41.3 Å². The summed E-state index contributed by atoms with van der Waals surface area (Å²) in [5, 5.41) is 3.40. The summed E-state index contributed by atoms with van der Waals surface area (Å²) < 4.78 is 6.64. The predicted octanol–water partition coefficient (Wildman–Crippen LogP) is 3.96. The minimum Gasteiger partial charge on any atom is -0.432 e. The van der Waals surface area contributed by atoms with Gasteiger partial charge in [0.25, 0.3) is 6.01 Å². The second kappa shape index (κ2) is 6.62. The fourth-order valence-electron chi connectivity index (χ4n) is 1.84. The standard InChI is InChI=1S/C16H22BrN3O/c1-16(2,3)18-9-14-11-21-15(19-14)20(4)10-12-5-7-13(17)8-6-12/h5-8,11,18H,9-10H2,1-4H3. The van der Waals surface area contributed by atoms with Crippen LogP contribution < -0.4 is 10.2 Å². The Labute approximate surface area is 134 Å². The normalized spacial score (nSPS) is 11.7. The van der Waals surface area contributed by atoms with E-state index < -0.39 is 0 Å².